The normalized spacial score (nSPS) is 3.25. The largest absolute Gasteiger partial charge is 0.299 e. The average molecular weight is 165 g/mol. The molecule has 0 fully saturated rings. The van der Waals surface area contributed by atoms with Crippen LogP contribution in [0.25, 0.3) is 0 Å². The topological polar surface area (TPSA) is 17.1 Å². The summed E-state index contributed by atoms with van der Waals surface area (Å²) in [5.41, 5.74) is 0. The van der Waals surface area contributed by atoms with Gasteiger partial charge in [-0.15, -0.1) is 0 Å². The summed E-state index contributed by atoms with van der Waals surface area (Å²) in [5, 5.41) is 0. The van der Waals surface area contributed by atoms with Gasteiger partial charge in [-0.1, -0.05) is 9.24 Å². The molecule has 27 valence electrons. The molecule has 0 aliphatic rings. The molecule has 0 aromatic carbocycles. The summed E-state index contributed by atoms with van der Waals surface area (Å²) >= 11 is 0. The summed E-state index contributed by atoms with van der Waals surface area (Å²) in [4.78, 5) is 8.77. The van der Waals surface area contributed by atoms with E-state index in [1.807, 2.05) is 9.24 Å². The van der Waals surface area contributed by atoms with E-state index in [2.05, 4.69) is 0 Å². The fraction of sp³-hybridized carbons (Fsp3) is 0. The van der Waals surface area contributed by atoms with Crippen LogP contribution in [0.15, 0.2) is 0 Å². The third-order valence-electron chi connectivity index (χ3n) is 0. The Bertz CT molecular complexity index is 15.5. The van der Waals surface area contributed by atoms with Crippen LogP contribution < -0.4 is 0 Å². The summed E-state index contributed by atoms with van der Waals surface area (Å²) < 4.78 is 0. The first-order chi connectivity index (χ1) is 1.41. The van der Waals surface area contributed by atoms with Crippen molar-refractivity contribution in [2.75, 3.05) is 0 Å². The maximum absolute atomic E-state index is 8.77. The van der Waals surface area contributed by atoms with E-state index < -0.39 is 0 Å². The van der Waals surface area contributed by atoms with E-state index in [-0.39, 0.29) is 19.5 Å². The Hall–Kier alpha value is 0.723. The van der Waals surface area contributed by atoms with Crippen LogP contribution in [0.3, 0.4) is 0 Å². The summed E-state index contributed by atoms with van der Waals surface area (Å²) in [7, 11) is 1.90. The summed E-state index contributed by atoms with van der Waals surface area (Å²) in [6.07, 6.45) is 0. The van der Waals surface area contributed by atoms with Crippen molar-refractivity contribution in [1.82, 2.24) is 0 Å². The molecule has 0 aliphatic carbocycles. The zero-order chi connectivity index (χ0) is 2.71. The van der Waals surface area contributed by atoms with Gasteiger partial charge in [-0.3, -0.25) is 4.79 Å². The fourth-order valence-corrected chi connectivity index (χ4v) is 0. The van der Waals surface area contributed by atoms with E-state index in [0.29, 0.717) is 6.03 Å². The first kappa shape index (κ1) is 8.83. The number of hydrogen-bond acceptors (Lipinski definition) is 1. The van der Waals surface area contributed by atoms with Gasteiger partial charge in [-0.05, 0) is 0 Å². The molecule has 1 atom stereocenters. The Kier molecular flexibility index (Phi) is 20.5. The fourth-order valence-electron chi connectivity index (χ4n) is 0. The molecule has 1 radical (unpaired) electrons. The van der Waals surface area contributed by atoms with Gasteiger partial charge in [0.05, 0.1) is 0 Å². The molecular weight excluding hydrogens is 162 g/mol. The molecule has 0 amide bonds. The van der Waals surface area contributed by atoms with Crippen molar-refractivity contribution in [3.05, 3.63) is 0 Å². The van der Waals surface area contributed by atoms with E-state index in [4.69, 9.17) is 4.79 Å². The van der Waals surface area contributed by atoms with Crippen molar-refractivity contribution in [3.63, 3.8) is 0 Å². The van der Waals surface area contributed by atoms with Crippen LogP contribution in [-0.4, -0.2) is 6.03 Å². The van der Waals surface area contributed by atoms with Gasteiger partial charge in [-0.25, -0.2) is 0 Å². The summed E-state index contributed by atoms with van der Waals surface area (Å²) in [6, 6.07) is 0.667. The molecule has 0 saturated carbocycles. The van der Waals surface area contributed by atoms with Crippen molar-refractivity contribution in [2.45, 2.75) is 0 Å². The molecule has 0 aromatic rings. The Labute approximate surface area is 40.1 Å². The van der Waals surface area contributed by atoms with Crippen LogP contribution in [0.5, 0.6) is 0 Å². The molecule has 3 heteroatoms. The van der Waals surface area contributed by atoms with Crippen LogP contribution in [0, 0.1) is 0 Å². The van der Waals surface area contributed by atoms with Gasteiger partial charge in [-0.2, -0.15) is 0 Å². The second-order valence-electron chi connectivity index (χ2n) is 0.136. The maximum Gasteiger partial charge on any atom is 0.135 e. The minimum atomic E-state index is 0. The minimum absolute atomic E-state index is 0. The van der Waals surface area contributed by atoms with Gasteiger partial charge in [0.25, 0.3) is 0 Å². The molecule has 0 heterocycles. The Morgan fingerprint density at radius 2 is 1.75 bits per heavy atom. The second kappa shape index (κ2) is 9.30. The standard InChI is InChI=1S/CH3OP.Rh/c2-1-3;/h1H,3H2;. The number of carbonyl (C=O) groups excluding carboxylic acids is 1. The second-order valence-corrected chi connectivity index (χ2v) is 0.408. The van der Waals surface area contributed by atoms with Crippen molar-refractivity contribution < 1.29 is 24.3 Å². The first-order valence-electron chi connectivity index (χ1n) is 0.569. The average Bonchev–Trinajstić information content (AvgIpc) is 0.918. The Morgan fingerprint density at radius 3 is 1.75 bits per heavy atom. The van der Waals surface area contributed by atoms with Crippen molar-refractivity contribution in [1.29, 1.82) is 0 Å². The predicted molar refractivity (Wildman–Crippen MR) is 16.5 cm³/mol. The van der Waals surface area contributed by atoms with Gasteiger partial charge < -0.3 is 0 Å². The summed E-state index contributed by atoms with van der Waals surface area (Å²) in [5.74, 6) is 0. The van der Waals surface area contributed by atoms with E-state index in [9.17, 15) is 0 Å². The van der Waals surface area contributed by atoms with Gasteiger partial charge in [0.15, 0.2) is 0 Å². The zero-order valence-electron chi connectivity index (χ0n) is 1.90. The van der Waals surface area contributed by atoms with Crippen molar-refractivity contribution >= 4 is 15.3 Å². The van der Waals surface area contributed by atoms with Crippen LogP contribution in [0.2, 0.25) is 0 Å². The van der Waals surface area contributed by atoms with Crippen LogP contribution in [-0.2, 0) is 24.3 Å². The van der Waals surface area contributed by atoms with Crippen LogP contribution in [0.4, 0.5) is 0 Å². The third kappa shape index (κ3) is 15.5. The molecule has 0 spiro atoms. The first-order valence-corrected chi connectivity index (χ1v) is 1.24. The zero-order valence-corrected chi connectivity index (χ0v) is 4.69. The molecule has 0 N–H and O–H groups in total. The smallest absolute Gasteiger partial charge is 0.135 e. The molecule has 4 heavy (non-hydrogen) atoms. The number of hydrogen-bond donors (Lipinski definition) is 0. The molecule has 0 aromatic heterocycles. The van der Waals surface area contributed by atoms with Gasteiger partial charge in [0.2, 0.25) is 0 Å². The predicted octanol–water partition coefficient (Wildman–Crippen LogP) is 0.0492. The molecule has 0 aliphatic heterocycles. The van der Waals surface area contributed by atoms with E-state index in [1.165, 1.54) is 0 Å². The summed E-state index contributed by atoms with van der Waals surface area (Å²) in [6.45, 7) is 0. The monoisotopic (exact) mass is 165 g/mol. The Balaban J connectivity index is 0. The van der Waals surface area contributed by atoms with Crippen LogP contribution in [0.1, 0.15) is 0 Å². The molecule has 0 saturated heterocycles. The van der Waals surface area contributed by atoms with E-state index in [0.717, 1.165) is 0 Å². The van der Waals surface area contributed by atoms with Crippen molar-refractivity contribution in [3.8, 4) is 0 Å². The van der Waals surface area contributed by atoms with Crippen molar-refractivity contribution in [2.24, 2.45) is 0 Å². The maximum atomic E-state index is 8.77. The SMILES string of the molecule is O=CP.[Rh]. The molecular formula is CH3OPRh. The van der Waals surface area contributed by atoms with Gasteiger partial charge in [0, 0.05) is 19.5 Å². The van der Waals surface area contributed by atoms with E-state index >= 15 is 0 Å². The number of carbonyl (C=O) groups is 1. The third-order valence-corrected chi connectivity index (χ3v) is 0. The van der Waals surface area contributed by atoms with Crippen LogP contribution >= 0.6 is 9.24 Å². The molecule has 1 nitrogen and oxygen atoms in total. The van der Waals surface area contributed by atoms with E-state index in [1.54, 1.807) is 0 Å². The Morgan fingerprint density at radius 1 is 1.75 bits per heavy atom. The van der Waals surface area contributed by atoms with Gasteiger partial charge >= 0.3 is 0 Å². The van der Waals surface area contributed by atoms with Gasteiger partial charge in [0.1, 0.15) is 6.03 Å². The molecule has 0 bridgehead atoms. The minimum Gasteiger partial charge on any atom is -0.299 e. The number of rotatable bonds is 0. The quantitative estimate of drug-likeness (QED) is 0.281. The molecule has 1 unspecified atom stereocenters. The molecule has 0 rings (SSSR count).